The van der Waals surface area contributed by atoms with Crippen LogP contribution >= 0.6 is 0 Å². The van der Waals surface area contributed by atoms with E-state index in [1.807, 2.05) is 84.9 Å². The first-order valence-electron chi connectivity index (χ1n) is 55.1. The summed E-state index contributed by atoms with van der Waals surface area (Å²) in [6, 6.07) is 163. The quantitative estimate of drug-likeness (QED) is 0.0748. The molecule has 0 radical (unpaired) electrons. The fourth-order valence-corrected chi connectivity index (χ4v) is 26.0. The summed E-state index contributed by atoms with van der Waals surface area (Å²) >= 11 is 0. The second-order valence-electron chi connectivity index (χ2n) is 37.8. The van der Waals surface area contributed by atoms with Crippen molar-refractivity contribution in [1.29, 1.82) is 0 Å². The third-order valence-corrected chi connectivity index (χ3v) is 33.8. The summed E-state index contributed by atoms with van der Waals surface area (Å²) in [7, 11) is -2.44. The van der Waals surface area contributed by atoms with Gasteiger partial charge in [0.15, 0.2) is 0 Å². The zero-order chi connectivity index (χ0) is 108. The van der Waals surface area contributed by atoms with Crippen molar-refractivity contribution in [3.63, 3.8) is 0 Å². The molecule has 9 heterocycles. The molecule has 0 amide bonds. The van der Waals surface area contributed by atoms with E-state index in [0.717, 1.165) is 133 Å². The number of aromatic nitrogens is 12. The van der Waals surface area contributed by atoms with Crippen LogP contribution in [-0.4, -0.2) is 65.4 Å². The van der Waals surface area contributed by atoms with Gasteiger partial charge in [0.1, 0.15) is 8.07 Å². The van der Waals surface area contributed by atoms with Crippen molar-refractivity contribution in [3.05, 3.63) is 540 Å². The number of nitrogens with zero attached hydrogens (tertiary/aromatic N) is 12. The Kier molecular flexibility index (Phi) is 19.0. The van der Waals surface area contributed by atoms with Gasteiger partial charge in [-0.3, -0.25) is 13.7 Å². The van der Waals surface area contributed by atoms with E-state index in [4.69, 9.17) is 43.6 Å². The minimum absolute atomic E-state index is 0.0111. The Hall–Kier alpha value is -19.9. The fraction of sp³-hybridized carbons (Fsp3) is 0.00730. The Bertz CT molecular complexity index is 10800. The molecule has 0 aliphatic rings. The molecule has 0 N–H and O–H groups in total. The van der Waals surface area contributed by atoms with Gasteiger partial charge in [-0.25, -0.2) is 29.9 Å². The Morgan fingerprint density at radius 1 is 0.173 bits per heavy atom. The van der Waals surface area contributed by atoms with Crippen molar-refractivity contribution in [2.45, 2.75) is 6.55 Å². The molecular weight excluding hydrogens is 1840 g/mol. The average molecular weight is 1940 g/mol. The highest BCUT2D eigenvalue weighted by Gasteiger charge is 2.36. The third kappa shape index (κ3) is 15.0. The molecule has 0 aliphatic carbocycles. The van der Waals surface area contributed by atoms with Gasteiger partial charge in [0.05, 0.1) is 114 Å². The molecule has 0 atom stereocenters. The largest absolute Gasteiger partial charge is 0.309 e. The molecule has 0 fully saturated rings. The lowest BCUT2D eigenvalue weighted by Gasteiger charge is -2.29. The van der Waals surface area contributed by atoms with E-state index in [1.54, 1.807) is 4.57 Å². The third-order valence-electron chi connectivity index (χ3n) is 29.4. The van der Waals surface area contributed by atoms with Crippen LogP contribution in [0.5, 0.6) is 0 Å². The summed E-state index contributed by atoms with van der Waals surface area (Å²) in [5, 5.41) is 20.2. The van der Waals surface area contributed by atoms with Gasteiger partial charge < -0.3 is 13.7 Å². The summed E-state index contributed by atoms with van der Waals surface area (Å²) in [5.74, 6) is 1.30. The molecule has 0 spiro atoms. The first-order valence-corrected chi connectivity index (χ1v) is 52.6. The molecular formula is C137H92N12Si. The number of rotatable bonds is 15. The predicted octanol–water partition coefficient (Wildman–Crippen LogP) is 32.3. The molecule has 0 saturated heterocycles. The SMILES string of the molecule is C[Si](c1ccccc1)(c1ccccc1)c1ccc2c(c1)c1cc(-n3c4ccccc4c4ccccc43)ccc1n2-c1nc(-c2ccccc2)cc(-c2ccccc2)n1.[2H]c1c([2H])c([2H])c(-c2cc(-c3c([2H])c([2H])c([2H])c([2H])c3[2H])nc(-n3c4ccccc4c4cc(-n5c6ccccc6c6ccccc65)ccc43)n2)c([2H])c1[2H].c1ccc(-c2cc(-c3ccccc3)nc(-n3c4ccccc4c4cc(-n5c6ccccc6c6ccc7ccccc7c65)ccc43)n2)cc1. The van der Waals surface area contributed by atoms with Crippen LogP contribution in [0.25, 0.3) is 244 Å². The first kappa shape index (κ1) is 77.7. The Labute approximate surface area is 879 Å². The van der Waals surface area contributed by atoms with Crippen molar-refractivity contribution < 1.29 is 13.7 Å². The average Bonchev–Trinajstić information content (AvgIpc) is 1.59. The lowest BCUT2D eigenvalue weighted by Crippen LogP contribution is -2.64. The molecule has 21 aromatic carbocycles. The predicted molar refractivity (Wildman–Crippen MR) is 626 cm³/mol. The topological polar surface area (TPSA) is 107 Å². The maximum absolute atomic E-state index is 8.74. The van der Waals surface area contributed by atoms with Gasteiger partial charge in [-0.05, 0) is 142 Å². The van der Waals surface area contributed by atoms with Crippen LogP contribution in [-0.2, 0) is 0 Å². The van der Waals surface area contributed by atoms with Gasteiger partial charge in [-0.2, -0.15) is 0 Å². The Morgan fingerprint density at radius 2 is 0.420 bits per heavy atom. The van der Waals surface area contributed by atoms with Crippen LogP contribution in [0.1, 0.15) is 13.7 Å². The van der Waals surface area contributed by atoms with Crippen LogP contribution in [0.15, 0.2) is 540 Å². The number of benzene rings is 21. The van der Waals surface area contributed by atoms with Gasteiger partial charge in [-0.15, -0.1) is 0 Å². The summed E-state index contributed by atoms with van der Waals surface area (Å²) in [5.41, 5.74) is 22.8. The van der Waals surface area contributed by atoms with Crippen molar-refractivity contribution in [2.24, 2.45) is 0 Å². The van der Waals surface area contributed by atoms with Gasteiger partial charge in [0, 0.05) is 120 Å². The number of hydrogen-bond donors (Lipinski definition) is 0. The van der Waals surface area contributed by atoms with Crippen molar-refractivity contribution in [3.8, 4) is 102 Å². The van der Waals surface area contributed by atoms with Crippen LogP contribution < -0.4 is 15.6 Å². The van der Waals surface area contributed by atoms with Gasteiger partial charge in [0.25, 0.3) is 0 Å². The first-order chi connectivity index (χ1) is 78.4. The molecule has 704 valence electrons. The lowest BCUT2D eigenvalue weighted by atomic mass is 10.1. The molecule has 0 unspecified atom stereocenters. The second kappa shape index (κ2) is 36.8. The molecule has 12 nitrogen and oxygen atoms in total. The van der Waals surface area contributed by atoms with Crippen LogP contribution in [0.4, 0.5) is 0 Å². The zero-order valence-electron chi connectivity index (χ0n) is 91.0. The number of fused-ring (bicyclic) bond motifs is 20. The van der Waals surface area contributed by atoms with Gasteiger partial charge >= 0.3 is 0 Å². The zero-order valence-corrected chi connectivity index (χ0v) is 82.0. The van der Waals surface area contributed by atoms with E-state index in [0.29, 0.717) is 22.9 Å². The Balaban J connectivity index is 0.000000114. The molecule has 0 saturated carbocycles. The molecule has 9 aromatic heterocycles. The highest BCUT2D eigenvalue weighted by molar-refractivity contribution is 7.10. The summed E-state index contributed by atoms with van der Waals surface area (Å²) < 4.78 is 98.0. The van der Waals surface area contributed by atoms with E-state index in [2.05, 4.69) is 418 Å². The van der Waals surface area contributed by atoms with E-state index in [1.165, 1.54) is 81.4 Å². The minimum Gasteiger partial charge on any atom is -0.309 e. The molecule has 30 rings (SSSR count). The summed E-state index contributed by atoms with van der Waals surface area (Å²) in [6.45, 7) is 2.49. The van der Waals surface area contributed by atoms with Crippen LogP contribution in [0, 0.1) is 0 Å². The molecule has 150 heavy (non-hydrogen) atoms. The molecule has 0 aliphatic heterocycles. The second-order valence-corrected chi connectivity index (χ2v) is 41.8. The molecule has 0 bridgehead atoms. The monoisotopic (exact) mass is 1940 g/mol. The Morgan fingerprint density at radius 3 is 0.767 bits per heavy atom. The smallest absolute Gasteiger partial charge is 0.235 e. The van der Waals surface area contributed by atoms with E-state index < -0.39 is 68.5 Å². The van der Waals surface area contributed by atoms with E-state index in [-0.39, 0.29) is 28.5 Å². The normalized spacial score (nSPS) is 12.7. The summed E-state index contributed by atoms with van der Waals surface area (Å²) in [4.78, 5) is 30.7. The summed E-state index contributed by atoms with van der Waals surface area (Å²) in [6.07, 6.45) is 0. The number of hydrogen-bond acceptors (Lipinski definition) is 6. The van der Waals surface area contributed by atoms with Crippen molar-refractivity contribution >= 4 is 165 Å². The highest BCUT2D eigenvalue weighted by Crippen LogP contribution is 2.45. The van der Waals surface area contributed by atoms with Gasteiger partial charge in [-0.1, -0.05) is 425 Å². The van der Waals surface area contributed by atoms with E-state index >= 15 is 0 Å². The number of para-hydroxylation sites is 7. The molecule has 30 aromatic rings. The van der Waals surface area contributed by atoms with Crippen molar-refractivity contribution in [1.82, 2.24) is 57.3 Å². The van der Waals surface area contributed by atoms with Crippen LogP contribution in [0.2, 0.25) is 6.55 Å². The molecule has 13 heteroatoms. The van der Waals surface area contributed by atoms with Crippen LogP contribution in [0.3, 0.4) is 0 Å². The maximum Gasteiger partial charge on any atom is 0.235 e. The van der Waals surface area contributed by atoms with E-state index in [9.17, 15) is 0 Å². The lowest BCUT2D eigenvalue weighted by molar-refractivity contribution is 0.995. The fourth-order valence-electron chi connectivity index (χ4n) is 22.4. The van der Waals surface area contributed by atoms with Gasteiger partial charge in [0.2, 0.25) is 17.8 Å². The standard InChI is InChI=1S/C53H38N4Si.C44H28N4.C40H26N4/c1-58(40-22-10-4-11-23-40,41-24-12-5-13-25-41)42-31-33-52-46(35-42)45-34-39(56-49-28-16-14-26-43(49)44-27-15-17-29-50(44)56)30-32-51(45)57(52)53-54-47(37-18-6-2-7-19-37)36-48(55-53)38-20-8-3-9-21-38;1-3-14-30(15-4-1)38-28-39(31-16-5-2-6-17-31)46-44(45-38)48-41-22-12-10-20-35(41)37-27-32(24-26-42(37)48)47-40-21-11-9-19-34(40)36-25-23-29-13-7-8-18-33(29)43(36)47;1-3-13-27(14-4-1)34-26-35(28-15-5-2-6-16-28)42-40(41-34)44-38-22-12-9-19-32(38)33-25-29(23-24-39(33)44)43-36-20-10-7-17-30(36)31-18-8-11-21-37(31)43/h2-36H,1H3;1-28H;1-26H/i;;1D,2D,3D,4D,5D,6D,13D,14D,15D,16D. The van der Waals surface area contributed by atoms with Crippen molar-refractivity contribution in [2.75, 3.05) is 0 Å². The maximum atomic E-state index is 8.74. The highest BCUT2D eigenvalue weighted by atomic mass is 28.3. The minimum atomic E-state index is -2.44.